The molecule has 136 valence electrons. The monoisotopic (exact) mass is 499 g/mol. The van der Waals surface area contributed by atoms with E-state index in [-0.39, 0.29) is 0 Å². The SMILES string of the molecule is NC(=NN=Cc1cc(Br)c(OCC(=O)O)c(Br)c1)SCc1ccccc1. The first-order valence-electron chi connectivity index (χ1n) is 7.32. The van der Waals surface area contributed by atoms with E-state index in [0.717, 1.165) is 16.9 Å². The zero-order valence-electron chi connectivity index (χ0n) is 13.4. The van der Waals surface area contributed by atoms with Gasteiger partial charge in [0, 0.05) is 5.75 Å². The number of nitrogens with zero attached hydrogens (tertiary/aromatic N) is 2. The van der Waals surface area contributed by atoms with Gasteiger partial charge in [0.1, 0.15) is 5.75 Å². The molecule has 0 aromatic heterocycles. The van der Waals surface area contributed by atoms with Crippen LogP contribution in [0.2, 0.25) is 0 Å². The lowest BCUT2D eigenvalue weighted by Crippen LogP contribution is -2.10. The molecule has 0 atom stereocenters. The van der Waals surface area contributed by atoms with Gasteiger partial charge in [-0.05, 0) is 55.1 Å². The number of ether oxygens (including phenoxy) is 1. The number of benzene rings is 2. The van der Waals surface area contributed by atoms with Crippen molar-refractivity contribution in [2.75, 3.05) is 6.61 Å². The van der Waals surface area contributed by atoms with Crippen LogP contribution in [0.15, 0.2) is 61.6 Å². The molecule has 3 N–H and O–H groups in total. The minimum absolute atomic E-state index is 0.365. The van der Waals surface area contributed by atoms with Crippen LogP contribution in [-0.2, 0) is 10.5 Å². The fraction of sp³-hybridized carbons (Fsp3) is 0.118. The second kappa shape index (κ2) is 10.3. The maximum atomic E-state index is 10.6. The van der Waals surface area contributed by atoms with Crippen LogP contribution in [0.25, 0.3) is 0 Å². The molecule has 0 radical (unpaired) electrons. The van der Waals surface area contributed by atoms with Gasteiger partial charge in [-0.3, -0.25) is 0 Å². The van der Waals surface area contributed by atoms with Crippen LogP contribution in [-0.4, -0.2) is 29.1 Å². The van der Waals surface area contributed by atoms with Crippen LogP contribution in [0.5, 0.6) is 5.75 Å². The van der Waals surface area contributed by atoms with Gasteiger partial charge in [-0.15, -0.1) is 5.10 Å². The van der Waals surface area contributed by atoms with E-state index in [1.807, 2.05) is 30.3 Å². The lowest BCUT2D eigenvalue weighted by Gasteiger charge is -2.09. The van der Waals surface area contributed by atoms with Crippen molar-refractivity contribution in [3.8, 4) is 5.75 Å². The summed E-state index contributed by atoms with van der Waals surface area (Å²) >= 11 is 8.09. The Labute approximate surface area is 171 Å². The Morgan fingerprint density at radius 2 is 1.88 bits per heavy atom. The standard InChI is InChI=1S/C17H15Br2N3O3S/c18-13-6-12(7-14(19)16(13)25-9-15(23)24)8-21-22-17(20)26-10-11-4-2-1-3-5-11/h1-8H,9-10H2,(H2,20,22)(H,23,24). The van der Waals surface area contributed by atoms with Gasteiger partial charge in [-0.2, -0.15) is 5.10 Å². The topological polar surface area (TPSA) is 97.3 Å². The Hall–Kier alpha value is -1.84. The van der Waals surface area contributed by atoms with Crippen LogP contribution in [0, 0.1) is 0 Å². The normalized spacial score (nSPS) is 11.7. The van der Waals surface area contributed by atoms with E-state index >= 15 is 0 Å². The summed E-state index contributed by atoms with van der Waals surface area (Å²) in [4.78, 5) is 10.6. The summed E-state index contributed by atoms with van der Waals surface area (Å²) in [7, 11) is 0. The third kappa shape index (κ3) is 6.81. The molecule has 2 aromatic carbocycles. The third-order valence-electron chi connectivity index (χ3n) is 2.95. The van der Waals surface area contributed by atoms with Gasteiger partial charge in [0.15, 0.2) is 11.8 Å². The highest BCUT2D eigenvalue weighted by atomic mass is 79.9. The number of hydrogen-bond acceptors (Lipinski definition) is 5. The Bertz CT molecular complexity index is 806. The van der Waals surface area contributed by atoms with Crippen LogP contribution >= 0.6 is 43.6 Å². The number of hydrogen-bond donors (Lipinski definition) is 2. The summed E-state index contributed by atoms with van der Waals surface area (Å²) in [6, 6.07) is 13.4. The van der Waals surface area contributed by atoms with Crippen LogP contribution in [0.1, 0.15) is 11.1 Å². The number of halogens is 2. The summed E-state index contributed by atoms with van der Waals surface area (Å²) in [5, 5.41) is 17.0. The van der Waals surface area contributed by atoms with Gasteiger partial charge in [-0.25, -0.2) is 4.79 Å². The Kier molecular flexibility index (Phi) is 8.14. The van der Waals surface area contributed by atoms with Gasteiger partial charge in [0.25, 0.3) is 0 Å². The number of carboxylic acids is 1. The van der Waals surface area contributed by atoms with Crippen molar-refractivity contribution in [1.29, 1.82) is 0 Å². The molecular formula is C17H15Br2N3O3S. The molecule has 0 aliphatic heterocycles. The number of rotatable bonds is 7. The molecule has 0 unspecified atom stereocenters. The highest BCUT2D eigenvalue weighted by molar-refractivity contribution is 9.11. The smallest absolute Gasteiger partial charge is 0.341 e. The summed E-state index contributed by atoms with van der Waals surface area (Å²) in [6.45, 7) is -0.426. The van der Waals surface area contributed by atoms with E-state index in [1.165, 1.54) is 11.8 Å². The minimum Gasteiger partial charge on any atom is -0.480 e. The number of aliphatic carboxylic acids is 1. The van der Waals surface area contributed by atoms with Gasteiger partial charge in [0.2, 0.25) is 0 Å². The van der Waals surface area contributed by atoms with Gasteiger partial charge in [-0.1, -0.05) is 42.1 Å². The molecule has 0 aliphatic carbocycles. The van der Waals surface area contributed by atoms with E-state index in [4.69, 9.17) is 15.6 Å². The van der Waals surface area contributed by atoms with Crippen molar-refractivity contribution in [3.05, 3.63) is 62.5 Å². The van der Waals surface area contributed by atoms with Crippen molar-refractivity contribution in [1.82, 2.24) is 0 Å². The summed E-state index contributed by atoms with van der Waals surface area (Å²) in [5.74, 6) is 0.0801. The highest BCUT2D eigenvalue weighted by Gasteiger charge is 2.10. The second-order valence-corrected chi connectivity index (χ2v) is 7.66. The maximum Gasteiger partial charge on any atom is 0.341 e. The quantitative estimate of drug-likeness (QED) is 0.336. The fourth-order valence-corrected chi connectivity index (χ4v) is 3.90. The maximum absolute atomic E-state index is 10.6. The summed E-state index contributed by atoms with van der Waals surface area (Å²) < 4.78 is 6.42. The number of carbonyl (C=O) groups is 1. The van der Waals surface area contributed by atoms with Crippen molar-refractivity contribution >= 4 is 61.0 Å². The number of carboxylic acid groups (broad SMARTS) is 1. The molecular weight excluding hydrogens is 486 g/mol. The summed E-state index contributed by atoms with van der Waals surface area (Å²) in [5.41, 5.74) is 7.75. The average Bonchev–Trinajstić information content (AvgIpc) is 2.60. The lowest BCUT2D eigenvalue weighted by atomic mass is 10.2. The predicted octanol–water partition coefficient (Wildman–Crippen LogP) is 4.26. The predicted molar refractivity (Wildman–Crippen MR) is 112 cm³/mol. The van der Waals surface area contributed by atoms with Crippen LogP contribution in [0.3, 0.4) is 0 Å². The molecule has 0 aliphatic rings. The molecule has 0 saturated carbocycles. The minimum atomic E-state index is -1.05. The molecule has 6 nitrogen and oxygen atoms in total. The van der Waals surface area contributed by atoms with Crippen molar-refractivity contribution in [3.63, 3.8) is 0 Å². The van der Waals surface area contributed by atoms with Gasteiger partial charge >= 0.3 is 5.97 Å². The first-order valence-corrected chi connectivity index (χ1v) is 9.89. The average molecular weight is 501 g/mol. The Morgan fingerprint density at radius 1 is 1.23 bits per heavy atom. The molecule has 2 rings (SSSR count). The van der Waals surface area contributed by atoms with Gasteiger partial charge < -0.3 is 15.6 Å². The zero-order chi connectivity index (χ0) is 18.9. The largest absolute Gasteiger partial charge is 0.480 e. The zero-order valence-corrected chi connectivity index (χ0v) is 17.4. The lowest BCUT2D eigenvalue weighted by molar-refractivity contribution is -0.139. The molecule has 0 amide bonds. The second-order valence-electron chi connectivity index (χ2n) is 4.95. The number of nitrogens with two attached hydrogens (primary N) is 1. The number of amidine groups is 1. The van der Waals surface area contributed by atoms with Crippen molar-refractivity contribution < 1.29 is 14.6 Å². The highest BCUT2D eigenvalue weighted by Crippen LogP contribution is 2.34. The molecule has 26 heavy (non-hydrogen) atoms. The Balaban J connectivity index is 1.97. The van der Waals surface area contributed by atoms with E-state index < -0.39 is 12.6 Å². The van der Waals surface area contributed by atoms with Crippen LogP contribution < -0.4 is 10.5 Å². The van der Waals surface area contributed by atoms with Gasteiger partial charge in [0.05, 0.1) is 15.2 Å². The Morgan fingerprint density at radius 3 is 2.50 bits per heavy atom. The van der Waals surface area contributed by atoms with Crippen LogP contribution in [0.4, 0.5) is 0 Å². The molecule has 9 heteroatoms. The van der Waals surface area contributed by atoms with E-state index in [1.54, 1.807) is 18.3 Å². The van der Waals surface area contributed by atoms with Crippen molar-refractivity contribution in [2.45, 2.75) is 5.75 Å². The summed E-state index contributed by atoms with van der Waals surface area (Å²) in [6.07, 6.45) is 1.55. The molecule has 0 bridgehead atoms. The first kappa shape index (κ1) is 20.5. The first-order chi connectivity index (χ1) is 12.5. The van der Waals surface area contributed by atoms with E-state index in [2.05, 4.69) is 42.1 Å². The van der Waals surface area contributed by atoms with Crippen molar-refractivity contribution in [2.24, 2.45) is 15.9 Å². The molecule has 0 fully saturated rings. The molecule has 0 spiro atoms. The third-order valence-corrected chi connectivity index (χ3v) is 4.99. The molecule has 0 heterocycles. The molecule has 2 aromatic rings. The van der Waals surface area contributed by atoms with E-state index in [0.29, 0.717) is 19.9 Å². The fourth-order valence-electron chi connectivity index (χ4n) is 1.84. The van der Waals surface area contributed by atoms with E-state index in [9.17, 15) is 4.79 Å². The molecule has 0 saturated heterocycles. The number of thioether (sulfide) groups is 1.